The van der Waals surface area contributed by atoms with Crippen molar-refractivity contribution in [2.45, 2.75) is 11.8 Å². The van der Waals surface area contributed by atoms with E-state index >= 15 is 0 Å². The number of anilines is 1. The van der Waals surface area contributed by atoms with Crippen molar-refractivity contribution >= 4 is 27.5 Å². The number of benzene rings is 1. The van der Waals surface area contributed by atoms with Gasteiger partial charge in [0.05, 0.1) is 5.75 Å². The number of thioether (sulfide) groups is 1. The van der Waals surface area contributed by atoms with Crippen LogP contribution >= 0.6 is 11.8 Å². The van der Waals surface area contributed by atoms with Crippen LogP contribution in [0.4, 0.5) is 5.69 Å². The molecule has 0 heterocycles. The molecule has 0 aromatic heterocycles. The van der Waals surface area contributed by atoms with Crippen LogP contribution in [0, 0.1) is 0 Å². The molecule has 0 aliphatic carbocycles. The van der Waals surface area contributed by atoms with E-state index < -0.39 is 10.0 Å². The molecular weight excluding hydrogens is 294 g/mol. The maximum absolute atomic E-state index is 11.8. The summed E-state index contributed by atoms with van der Waals surface area (Å²) in [4.78, 5) is 3.05. The average Bonchev–Trinajstić information content (AvgIpc) is 2.38. The zero-order valence-corrected chi connectivity index (χ0v) is 13.6. The van der Waals surface area contributed by atoms with E-state index in [1.807, 2.05) is 38.2 Å². The summed E-state index contributed by atoms with van der Waals surface area (Å²) in [5.41, 5.74) is 6.37. The van der Waals surface area contributed by atoms with Crippen LogP contribution in [0.15, 0.2) is 29.2 Å². The van der Waals surface area contributed by atoms with Crippen molar-refractivity contribution in [1.29, 1.82) is 0 Å². The normalized spacial score (nSPS) is 11.9. The summed E-state index contributed by atoms with van der Waals surface area (Å²) in [6, 6.07) is 7.45. The fraction of sp³-hybridized carbons (Fsp3) is 0.538. The Morgan fingerprint density at radius 3 is 2.80 bits per heavy atom. The van der Waals surface area contributed by atoms with Gasteiger partial charge in [0.25, 0.3) is 0 Å². The first-order valence-corrected chi connectivity index (χ1v) is 9.21. The first kappa shape index (κ1) is 17.3. The number of rotatable bonds is 9. The van der Waals surface area contributed by atoms with Crippen molar-refractivity contribution in [2.24, 2.45) is 0 Å². The van der Waals surface area contributed by atoms with E-state index in [-0.39, 0.29) is 5.75 Å². The highest BCUT2D eigenvalue weighted by molar-refractivity contribution is 8.00. The van der Waals surface area contributed by atoms with Crippen molar-refractivity contribution in [2.75, 3.05) is 43.9 Å². The second-order valence-corrected chi connectivity index (χ2v) is 7.62. The van der Waals surface area contributed by atoms with E-state index in [1.165, 1.54) is 11.8 Å². The van der Waals surface area contributed by atoms with Gasteiger partial charge in [-0.3, -0.25) is 0 Å². The van der Waals surface area contributed by atoms with Crippen molar-refractivity contribution in [3.8, 4) is 0 Å². The predicted octanol–water partition coefficient (Wildman–Crippen LogP) is 1.23. The maximum Gasteiger partial charge on any atom is 0.212 e. The van der Waals surface area contributed by atoms with Crippen LogP contribution in [0.1, 0.15) is 6.92 Å². The predicted molar refractivity (Wildman–Crippen MR) is 86.5 cm³/mol. The molecule has 0 aliphatic rings. The minimum absolute atomic E-state index is 0.113. The number of hydrogen-bond acceptors (Lipinski definition) is 5. The lowest BCUT2D eigenvalue weighted by Crippen LogP contribution is -2.34. The molecule has 20 heavy (non-hydrogen) atoms. The fourth-order valence-electron chi connectivity index (χ4n) is 1.50. The summed E-state index contributed by atoms with van der Waals surface area (Å²) in [5, 5.41) is 0. The van der Waals surface area contributed by atoms with E-state index in [9.17, 15) is 8.42 Å². The quantitative estimate of drug-likeness (QED) is 0.529. The SMILES string of the molecule is CCN(C)CCNS(=O)(=O)CCSc1cccc(N)c1. The van der Waals surface area contributed by atoms with Crippen LogP contribution in [0.2, 0.25) is 0 Å². The van der Waals surface area contributed by atoms with Gasteiger partial charge in [-0.1, -0.05) is 13.0 Å². The first-order valence-electron chi connectivity index (χ1n) is 6.57. The third-order valence-corrected chi connectivity index (χ3v) is 5.47. The monoisotopic (exact) mass is 317 g/mol. The Bertz CT molecular complexity index is 506. The lowest BCUT2D eigenvalue weighted by atomic mass is 10.3. The highest BCUT2D eigenvalue weighted by Crippen LogP contribution is 2.20. The van der Waals surface area contributed by atoms with Gasteiger partial charge in [-0.2, -0.15) is 0 Å². The Hall–Kier alpha value is -0.760. The van der Waals surface area contributed by atoms with Gasteiger partial charge in [0, 0.05) is 29.4 Å². The molecule has 114 valence electrons. The molecule has 0 saturated carbocycles. The van der Waals surface area contributed by atoms with Gasteiger partial charge >= 0.3 is 0 Å². The highest BCUT2D eigenvalue weighted by atomic mass is 32.2. The molecule has 0 spiro atoms. The van der Waals surface area contributed by atoms with Crippen molar-refractivity contribution in [3.63, 3.8) is 0 Å². The summed E-state index contributed by atoms with van der Waals surface area (Å²) in [5.74, 6) is 0.630. The Labute approximate surface area is 126 Å². The number of likely N-dealkylation sites (N-methyl/N-ethyl adjacent to an activating group) is 1. The van der Waals surface area contributed by atoms with Crippen molar-refractivity contribution in [3.05, 3.63) is 24.3 Å². The van der Waals surface area contributed by atoms with Crippen molar-refractivity contribution < 1.29 is 8.42 Å². The van der Waals surface area contributed by atoms with Gasteiger partial charge in [-0.25, -0.2) is 13.1 Å². The number of nitrogen functional groups attached to an aromatic ring is 1. The number of nitrogens with one attached hydrogen (secondary N) is 1. The van der Waals surface area contributed by atoms with Crippen LogP contribution in [0.3, 0.4) is 0 Å². The van der Waals surface area contributed by atoms with Gasteiger partial charge in [0.15, 0.2) is 0 Å². The van der Waals surface area contributed by atoms with E-state index in [0.29, 0.717) is 18.0 Å². The summed E-state index contributed by atoms with van der Waals surface area (Å²) in [6.07, 6.45) is 0. The third-order valence-electron chi connectivity index (χ3n) is 2.83. The van der Waals surface area contributed by atoms with Gasteiger partial charge in [0.2, 0.25) is 10.0 Å². The Morgan fingerprint density at radius 1 is 1.40 bits per heavy atom. The standard InChI is InChI=1S/C13H23N3O2S2/c1-3-16(2)8-7-15-20(17,18)10-9-19-13-6-4-5-12(14)11-13/h4-6,11,15H,3,7-10,14H2,1-2H3. The number of hydrogen-bond donors (Lipinski definition) is 2. The van der Waals surface area contributed by atoms with Crippen LogP contribution < -0.4 is 10.5 Å². The fourth-order valence-corrected chi connectivity index (χ4v) is 3.88. The Morgan fingerprint density at radius 2 is 2.15 bits per heavy atom. The van der Waals surface area contributed by atoms with E-state index in [4.69, 9.17) is 5.73 Å². The lowest BCUT2D eigenvalue weighted by molar-refractivity contribution is 0.358. The van der Waals surface area contributed by atoms with Crippen LogP contribution in [0.5, 0.6) is 0 Å². The average molecular weight is 317 g/mol. The zero-order chi connectivity index (χ0) is 15.0. The first-order chi connectivity index (χ1) is 9.43. The summed E-state index contributed by atoms with van der Waals surface area (Å²) in [7, 11) is -1.23. The van der Waals surface area contributed by atoms with E-state index in [1.54, 1.807) is 0 Å². The second-order valence-electron chi connectivity index (χ2n) is 4.53. The Balaban J connectivity index is 2.29. The molecule has 0 unspecified atom stereocenters. The van der Waals surface area contributed by atoms with Crippen LogP contribution in [-0.4, -0.2) is 51.5 Å². The summed E-state index contributed by atoms with van der Waals surface area (Å²) >= 11 is 1.50. The number of sulfonamides is 1. The molecule has 1 aromatic carbocycles. The molecular formula is C13H23N3O2S2. The molecule has 0 radical (unpaired) electrons. The van der Waals surface area contributed by atoms with E-state index in [0.717, 1.165) is 18.0 Å². The summed E-state index contributed by atoms with van der Waals surface area (Å²) in [6.45, 7) is 4.12. The topological polar surface area (TPSA) is 75.4 Å². The maximum atomic E-state index is 11.8. The largest absolute Gasteiger partial charge is 0.399 e. The van der Waals surface area contributed by atoms with Crippen LogP contribution in [-0.2, 0) is 10.0 Å². The molecule has 0 aliphatic heterocycles. The van der Waals surface area contributed by atoms with Gasteiger partial charge in [-0.15, -0.1) is 11.8 Å². The molecule has 7 heteroatoms. The summed E-state index contributed by atoms with van der Waals surface area (Å²) < 4.78 is 26.2. The molecule has 0 saturated heterocycles. The van der Waals surface area contributed by atoms with E-state index in [2.05, 4.69) is 9.62 Å². The Kier molecular flexibility index (Phi) is 7.36. The molecule has 0 atom stereocenters. The molecule has 0 amide bonds. The second kappa shape index (κ2) is 8.51. The highest BCUT2D eigenvalue weighted by Gasteiger charge is 2.10. The zero-order valence-electron chi connectivity index (χ0n) is 12.0. The molecule has 3 N–H and O–H groups in total. The molecule has 5 nitrogen and oxygen atoms in total. The van der Waals surface area contributed by atoms with Gasteiger partial charge in [0.1, 0.15) is 0 Å². The van der Waals surface area contributed by atoms with Crippen molar-refractivity contribution in [1.82, 2.24) is 9.62 Å². The number of nitrogens with zero attached hydrogens (tertiary/aromatic N) is 1. The van der Waals surface area contributed by atoms with Crippen LogP contribution in [0.25, 0.3) is 0 Å². The molecule has 1 aromatic rings. The van der Waals surface area contributed by atoms with Gasteiger partial charge < -0.3 is 10.6 Å². The van der Waals surface area contributed by atoms with Gasteiger partial charge in [-0.05, 0) is 31.8 Å². The molecule has 0 bridgehead atoms. The smallest absolute Gasteiger partial charge is 0.212 e. The molecule has 0 fully saturated rings. The minimum Gasteiger partial charge on any atom is -0.399 e. The number of nitrogens with two attached hydrogens (primary N) is 1. The minimum atomic E-state index is -3.19. The lowest BCUT2D eigenvalue weighted by Gasteiger charge is -2.14. The third kappa shape index (κ3) is 7.14. The molecule has 1 rings (SSSR count).